The molecule has 0 saturated carbocycles. The molecular formula is C17H16N6O5. The first-order valence-electron chi connectivity index (χ1n) is 8.33. The highest BCUT2D eigenvalue weighted by molar-refractivity contribution is 6.06. The monoisotopic (exact) mass is 384 g/mol. The molecule has 144 valence electrons. The van der Waals surface area contributed by atoms with E-state index in [2.05, 4.69) is 20.3 Å². The highest BCUT2D eigenvalue weighted by atomic mass is 16.6. The fourth-order valence-electron chi connectivity index (χ4n) is 3.04. The number of aromatic nitrogens is 4. The van der Waals surface area contributed by atoms with Crippen LogP contribution in [0.5, 0.6) is 0 Å². The fourth-order valence-corrected chi connectivity index (χ4v) is 3.04. The number of aliphatic carboxylic acids is 1. The zero-order chi connectivity index (χ0) is 19.8. The Labute approximate surface area is 157 Å². The van der Waals surface area contributed by atoms with Gasteiger partial charge in [-0.05, 0) is 12.1 Å². The second-order valence-corrected chi connectivity index (χ2v) is 6.22. The van der Waals surface area contributed by atoms with Crippen molar-refractivity contribution in [3.8, 4) is 0 Å². The third kappa shape index (κ3) is 2.97. The minimum absolute atomic E-state index is 0.171. The molecule has 0 radical (unpaired) electrons. The summed E-state index contributed by atoms with van der Waals surface area (Å²) in [5, 5.41) is 22.1. The van der Waals surface area contributed by atoms with Gasteiger partial charge in [-0.3, -0.25) is 9.36 Å². The number of carbonyl (C=O) groups is 2. The Kier molecular flexibility index (Phi) is 4.47. The van der Waals surface area contributed by atoms with E-state index in [9.17, 15) is 14.7 Å². The van der Waals surface area contributed by atoms with E-state index in [-0.39, 0.29) is 22.9 Å². The maximum atomic E-state index is 12.4. The average Bonchev–Trinajstić information content (AvgIpc) is 3.25. The Morgan fingerprint density at radius 2 is 1.93 bits per heavy atom. The summed E-state index contributed by atoms with van der Waals surface area (Å²) in [6, 6.07) is 7.47. The number of rotatable bonds is 4. The van der Waals surface area contributed by atoms with Gasteiger partial charge < -0.3 is 26.0 Å². The standard InChI is InChI=1S/C17H16N6O5/c18-9-11(24)16(28-12(9)17(26)27)23-7-21-10-13(19-6-20-14(10)23)22-15(25)8-4-2-1-3-5-8/h1-7,9,11-12,16,24H,18H2,(H,26,27)(H,19,20,22,25)/t9-,11+,12-,16-/m0/s1. The third-order valence-electron chi connectivity index (χ3n) is 4.47. The van der Waals surface area contributed by atoms with Gasteiger partial charge in [-0.25, -0.2) is 19.7 Å². The van der Waals surface area contributed by atoms with E-state index in [0.29, 0.717) is 5.56 Å². The summed E-state index contributed by atoms with van der Waals surface area (Å²) in [7, 11) is 0. The SMILES string of the molecule is N[C@H]1[C@@H](O)[C@@H](n2cnc3c(NC(=O)c4ccccc4)ncnc32)O[C@@H]1C(=O)O. The summed E-state index contributed by atoms with van der Waals surface area (Å²) in [5.74, 6) is -1.48. The molecule has 0 bridgehead atoms. The molecule has 1 fully saturated rings. The molecule has 1 aliphatic heterocycles. The Balaban J connectivity index is 1.66. The zero-order valence-corrected chi connectivity index (χ0v) is 14.3. The van der Waals surface area contributed by atoms with Gasteiger partial charge in [-0.2, -0.15) is 0 Å². The quantitative estimate of drug-likeness (QED) is 0.474. The van der Waals surface area contributed by atoms with E-state index in [1.165, 1.54) is 17.2 Å². The molecule has 2 aromatic heterocycles. The molecule has 4 atom stereocenters. The van der Waals surface area contributed by atoms with Gasteiger partial charge in [0.2, 0.25) is 0 Å². The molecule has 1 aromatic carbocycles. The number of nitrogens with two attached hydrogens (primary N) is 1. The normalized spacial score (nSPS) is 24.4. The second-order valence-electron chi connectivity index (χ2n) is 6.22. The molecule has 1 saturated heterocycles. The number of hydrogen-bond donors (Lipinski definition) is 4. The van der Waals surface area contributed by atoms with Crippen molar-refractivity contribution in [1.82, 2.24) is 19.5 Å². The second kappa shape index (κ2) is 6.96. The molecule has 0 unspecified atom stereocenters. The van der Waals surface area contributed by atoms with E-state index in [4.69, 9.17) is 15.6 Å². The first kappa shape index (κ1) is 18.0. The van der Waals surface area contributed by atoms with Crippen LogP contribution < -0.4 is 11.1 Å². The number of hydrogen-bond acceptors (Lipinski definition) is 8. The van der Waals surface area contributed by atoms with Crippen LogP contribution in [0.2, 0.25) is 0 Å². The molecule has 28 heavy (non-hydrogen) atoms. The van der Waals surface area contributed by atoms with Crippen molar-refractivity contribution >= 4 is 28.9 Å². The molecular weight excluding hydrogens is 368 g/mol. The predicted octanol–water partition coefficient (Wildman–Crippen LogP) is -0.251. The van der Waals surface area contributed by atoms with Gasteiger partial charge in [0.25, 0.3) is 5.91 Å². The van der Waals surface area contributed by atoms with Gasteiger partial charge in [-0.1, -0.05) is 18.2 Å². The lowest BCUT2D eigenvalue weighted by Crippen LogP contribution is -2.43. The predicted molar refractivity (Wildman–Crippen MR) is 95.2 cm³/mol. The van der Waals surface area contributed by atoms with Gasteiger partial charge in [0, 0.05) is 5.56 Å². The molecule has 1 amide bonds. The Morgan fingerprint density at radius 3 is 2.61 bits per heavy atom. The van der Waals surface area contributed by atoms with Crippen LogP contribution in [0.4, 0.5) is 5.82 Å². The molecule has 1 aliphatic rings. The molecule has 0 spiro atoms. The van der Waals surface area contributed by atoms with Crippen molar-refractivity contribution in [3.63, 3.8) is 0 Å². The third-order valence-corrected chi connectivity index (χ3v) is 4.47. The number of carbonyl (C=O) groups excluding carboxylic acids is 1. The topological polar surface area (TPSA) is 165 Å². The number of amides is 1. The van der Waals surface area contributed by atoms with Crippen LogP contribution in [0, 0.1) is 0 Å². The van der Waals surface area contributed by atoms with E-state index in [1.807, 2.05) is 0 Å². The van der Waals surface area contributed by atoms with Crippen molar-refractivity contribution in [1.29, 1.82) is 0 Å². The van der Waals surface area contributed by atoms with Gasteiger partial charge in [0.05, 0.1) is 12.4 Å². The van der Waals surface area contributed by atoms with E-state index in [0.717, 1.165) is 0 Å². The number of carboxylic acid groups (broad SMARTS) is 1. The summed E-state index contributed by atoms with van der Waals surface area (Å²) < 4.78 is 6.75. The number of anilines is 1. The van der Waals surface area contributed by atoms with Crippen LogP contribution in [0.1, 0.15) is 16.6 Å². The zero-order valence-electron chi connectivity index (χ0n) is 14.3. The lowest BCUT2D eigenvalue weighted by Gasteiger charge is -2.16. The number of nitrogens with zero attached hydrogens (tertiary/aromatic N) is 4. The maximum Gasteiger partial charge on any atom is 0.334 e. The summed E-state index contributed by atoms with van der Waals surface area (Å²) >= 11 is 0. The van der Waals surface area contributed by atoms with Crippen molar-refractivity contribution in [2.45, 2.75) is 24.5 Å². The van der Waals surface area contributed by atoms with Gasteiger partial charge >= 0.3 is 5.97 Å². The number of imidazole rings is 1. The van der Waals surface area contributed by atoms with Crippen LogP contribution in [-0.2, 0) is 9.53 Å². The Hall–Kier alpha value is -3.41. The van der Waals surface area contributed by atoms with Crippen molar-refractivity contribution in [2.75, 3.05) is 5.32 Å². The highest BCUT2D eigenvalue weighted by Crippen LogP contribution is 2.31. The average molecular weight is 384 g/mol. The Morgan fingerprint density at radius 1 is 1.18 bits per heavy atom. The van der Waals surface area contributed by atoms with Gasteiger partial charge in [0.15, 0.2) is 29.3 Å². The molecule has 3 heterocycles. The highest BCUT2D eigenvalue weighted by Gasteiger charge is 2.46. The summed E-state index contributed by atoms with van der Waals surface area (Å²) in [6.45, 7) is 0. The first-order valence-corrected chi connectivity index (χ1v) is 8.33. The first-order chi connectivity index (χ1) is 13.5. The minimum atomic E-state index is -1.36. The number of nitrogens with one attached hydrogen (secondary N) is 1. The van der Waals surface area contributed by atoms with Crippen LogP contribution in [-0.4, -0.2) is 59.9 Å². The van der Waals surface area contributed by atoms with E-state index in [1.54, 1.807) is 30.3 Å². The molecule has 4 rings (SSSR count). The van der Waals surface area contributed by atoms with Crippen LogP contribution >= 0.6 is 0 Å². The largest absolute Gasteiger partial charge is 0.479 e. The number of carboxylic acids is 1. The van der Waals surface area contributed by atoms with Crippen LogP contribution in [0.25, 0.3) is 11.2 Å². The van der Waals surface area contributed by atoms with Crippen molar-refractivity contribution in [2.24, 2.45) is 5.73 Å². The van der Waals surface area contributed by atoms with Crippen LogP contribution in [0.15, 0.2) is 43.0 Å². The van der Waals surface area contributed by atoms with Crippen LogP contribution in [0.3, 0.4) is 0 Å². The number of benzene rings is 1. The number of fused-ring (bicyclic) bond motifs is 1. The molecule has 11 heteroatoms. The number of aliphatic hydroxyl groups excluding tert-OH is 1. The molecule has 5 N–H and O–H groups in total. The molecule has 3 aromatic rings. The van der Waals surface area contributed by atoms with Crippen molar-refractivity contribution < 1.29 is 24.5 Å². The number of ether oxygens (including phenoxy) is 1. The summed E-state index contributed by atoms with van der Waals surface area (Å²) in [4.78, 5) is 36.0. The Bertz CT molecular complexity index is 1040. The fraction of sp³-hybridized carbons (Fsp3) is 0.235. The van der Waals surface area contributed by atoms with Gasteiger partial charge in [-0.15, -0.1) is 0 Å². The smallest absolute Gasteiger partial charge is 0.334 e. The van der Waals surface area contributed by atoms with Crippen molar-refractivity contribution in [3.05, 3.63) is 48.5 Å². The molecule has 0 aliphatic carbocycles. The lowest BCUT2D eigenvalue weighted by molar-refractivity contribution is -0.152. The summed E-state index contributed by atoms with van der Waals surface area (Å²) in [6.07, 6.45) is -1.19. The lowest BCUT2D eigenvalue weighted by atomic mass is 10.1. The minimum Gasteiger partial charge on any atom is -0.479 e. The number of aliphatic hydroxyl groups is 1. The maximum absolute atomic E-state index is 12.4. The van der Waals surface area contributed by atoms with E-state index >= 15 is 0 Å². The van der Waals surface area contributed by atoms with E-state index < -0.39 is 30.4 Å². The summed E-state index contributed by atoms with van der Waals surface area (Å²) in [5.41, 5.74) is 6.70. The van der Waals surface area contributed by atoms with Gasteiger partial charge in [0.1, 0.15) is 12.4 Å². The molecule has 11 nitrogen and oxygen atoms in total.